The lowest BCUT2D eigenvalue weighted by Gasteiger charge is -2.20. The van der Waals surface area contributed by atoms with E-state index >= 15 is 0 Å². The van der Waals surface area contributed by atoms with Gasteiger partial charge in [-0.2, -0.15) is 0 Å². The van der Waals surface area contributed by atoms with Crippen molar-refractivity contribution in [2.45, 2.75) is 24.8 Å². The first kappa shape index (κ1) is 14.1. The lowest BCUT2D eigenvalue weighted by molar-refractivity contribution is 0.0927. The van der Waals surface area contributed by atoms with Crippen molar-refractivity contribution in [1.82, 2.24) is 5.32 Å². The summed E-state index contributed by atoms with van der Waals surface area (Å²) in [5.41, 5.74) is 6.31. The third kappa shape index (κ3) is 4.06. The van der Waals surface area contributed by atoms with E-state index in [9.17, 15) is 4.79 Å². The van der Waals surface area contributed by atoms with Crippen LogP contribution < -0.4 is 11.1 Å². The number of nitrogens with two attached hydrogens (primary N) is 1. The van der Waals surface area contributed by atoms with Gasteiger partial charge in [0.2, 0.25) is 0 Å². The molecule has 3 N–H and O–H groups in total. The average molecular weight is 252 g/mol. The summed E-state index contributed by atoms with van der Waals surface area (Å²) in [6.45, 7) is 4.57. The number of benzene rings is 1. The molecule has 4 heteroatoms. The quantitative estimate of drug-likeness (QED) is 0.789. The van der Waals surface area contributed by atoms with Gasteiger partial charge in [-0.25, -0.2) is 0 Å². The summed E-state index contributed by atoms with van der Waals surface area (Å²) >= 11 is 1.66. The molecule has 0 radical (unpaired) electrons. The van der Waals surface area contributed by atoms with E-state index in [1.165, 1.54) is 0 Å². The zero-order valence-corrected chi connectivity index (χ0v) is 11.4. The summed E-state index contributed by atoms with van der Waals surface area (Å²) in [6, 6.07) is 7.62. The molecule has 0 aliphatic rings. The number of nitrogens with one attached hydrogen (secondary N) is 1. The molecule has 0 saturated heterocycles. The maximum Gasteiger partial charge on any atom is 0.251 e. The van der Waals surface area contributed by atoms with Crippen LogP contribution in [0.1, 0.15) is 24.2 Å². The highest BCUT2D eigenvalue weighted by Gasteiger charge is 2.15. The van der Waals surface area contributed by atoms with Crippen molar-refractivity contribution in [3.05, 3.63) is 29.8 Å². The largest absolute Gasteiger partial charge is 0.348 e. The van der Waals surface area contributed by atoms with Gasteiger partial charge in [0.25, 0.3) is 5.91 Å². The van der Waals surface area contributed by atoms with Crippen LogP contribution in [0.4, 0.5) is 0 Å². The Morgan fingerprint density at radius 2 is 1.94 bits per heavy atom. The topological polar surface area (TPSA) is 55.1 Å². The smallest absolute Gasteiger partial charge is 0.251 e. The first-order valence-electron chi connectivity index (χ1n) is 5.73. The number of thioether (sulfide) groups is 1. The second-order valence-electron chi connectivity index (χ2n) is 4.29. The minimum Gasteiger partial charge on any atom is -0.348 e. The number of hydrogen-bond acceptors (Lipinski definition) is 3. The van der Waals surface area contributed by atoms with Crippen molar-refractivity contribution in [1.29, 1.82) is 0 Å². The van der Waals surface area contributed by atoms with E-state index in [4.69, 9.17) is 5.73 Å². The summed E-state index contributed by atoms with van der Waals surface area (Å²) in [4.78, 5) is 13.1. The second kappa shape index (κ2) is 6.67. The van der Waals surface area contributed by atoms with E-state index in [0.717, 1.165) is 4.90 Å². The minimum atomic E-state index is -0.0539. The minimum absolute atomic E-state index is 0.0303. The van der Waals surface area contributed by atoms with E-state index in [-0.39, 0.29) is 11.9 Å². The Morgan fingerprint density at radius 3 is 2.35 bits per heavy atom. The van der Waals surface area contributed by atoms with Gasteiger partial charge in [0.05, 0.1) is 0 Å². The van der Waals surface area contributed by atoms with Crippen LogP contribution in [0.25, 0.3) is 0 Å². The Bertz CT molecular complexity index is 362. The summed E-state index contributed by atoms with van der Waals surface area (Å²) in [5.74, 6) is 0.288. The Hall–Kier alpha value is -1.00. The monoisotopic (exact) mass is 252 g/mol. The van der Waals surface area contributed by atoms with Gasteiger partial charge in [0.15, 0.2) is 0 Å². The molecule has 1 aromatic carbocycles. The van der Waals surface area contributed by atoms with Crippen molar-refractivity contribution >= 4 is 17.7 Å². The van der Waals surface area contributed by atoms with Crippen molar-refractivity contribution in [2.24, 2.45) is 11.7 Å². The van der Waals surface area contributed by atoms with E-state index in [2.05, 4.69) is 19.2 Å². The zero-order valence-electron chi connectivity index (χ0n) is 10.6. The van der Waals surface area contributed by atoms with Crippen LogP contribution in [0.5, 0.6) is 0 Å². The molecule has 17 heavy (non-hydrogen) atoms. The zero-order chi connectivity index (χ0) is 12.8. The van der Waals surface area contributed by atoms with Crippen LogP contribution in [0.3, 0.4) is 0 Å². The SMILES string of the molecule is CSc1ccc(C(=O)NC(CN)C(C)C)cc1. The molecule has 1 amide bonds. The van der Waals surface area contributed by atoms with Gasteiger partial charge in [-0.15, -0.1) is 11.8 Å². The fraction of sp³-hybridized carbons (Fsp3) is 0.462. The lowest BCUT2D eigenvalue weighted by Crippen LogP contribution is -2.43. The molecule has 3 nitrogen and oxygen atoms in total. The maximum atomic E-state index is 11.9. The molecule has 0 spiro atoms. The Kier molecular flexibility index (Phi) is 5.51. The van der Waals surface area contributed by atoms with E-state index in [1.54, 1.807) is 11.8 Å². The summed E-state index contributed by atoms with van der Waals surface area (Å²) in [6.07, 6.45) is 2.01. The Balaban J connectivity index is 2.68. The number of amides is 1. The van der Waals surface area contributed by atoms with Crippen molar-refractivity contribution in [2.75, 3.05) is 12.8 Å². The van der Waals surface area contributed by atoms with E-state index in [1.807, 2.05) is 30.5 Å². The molecule has 0 saturated carbocycles. The predicted octanol–water partition coefficient (Wildman–Crippen LogP) is 2.12. The molecule has 1 rings (SSSR count). The molecule has 94 valence electrons. The molecule has 0 aromatic heterocycles. The number of rotatable bonds is 5. The number of carbonyl (C=O) groups excluding carboxylic acids is 1. The molecule has 1 unspecified atom stereocenters. The highest BCUT2D eigenvalue weighted by atomic mass is 32.2. The Labute approximate surface area is 107 Å². The molecule has 0 fully saturated rings. The van der Waals surface area contributed by atoms with Crippen LogP contribution in [-0.2, 0) is 0 Å². The number of carbonyl (C=O) groups is 1. The Morgan fingerprint density at radius 1 is 1.35 bits per heavy atom. The first-order valence-corrected chi connectivity index (χ1v) is 6.96. The van der Waals surface area contributed by atoms with Crippen molar-refractivity contribution in [3.8, 4) is 0 Å². The van der Waals surface area contributed by atoms with Gasteiger partial charge in [-0.3, -0.25) is 4.79 Å². The molecule has 0 bridgehead atoms. The summed E-state index contributed by atoms with van der Waals surface area (Å²) < 4.78 is 0. The van der Waals surface area contributed by atoms with Gasteiger partial charge in [-0.05, 0) is 36.4 Å². The summed E-state index contributed by atoms with van der Waals surface area (Å²) in [7, 11) is 0. The highest BCUT2D eigenvalue weighted by Crippen LogP contribution is 2.15. The van der Waals surface area contributed by atoms with Crippen LogP contribution >= 0.6 is 11.8 Å². The van der Waals surface area contributed by atoms with Crippen molar-refractivity contribution < 1.29 is 4.79 Å². The van der Waals surface area contributed by atoms with Gasteiger partial charge in [0, 0.05) is 23.0 Å². The standard InChI is InChI=1S/C13H20N2OS/c1-9(2)12(8-14)15-13(16)10-4-6-11(17-3)7-5-10/h4-7,9,12H,8,14H2,1-3H3,(H,15,16). The maximum absolute atomic E-state index is 11.9. The van der Waals surface area contributed by atoms with Gasteiger partial charge >= 0.3 is 0 Å². The third-order valence-electron chi connectivity index (χ3n) is 2.73. The van der Waals surface area contributed by atoms with Gasteiger partial charge in [0.1, 0.15) is 0 Å². The van der Waals surface area contributed by atoms with E-state index in [0.29, 0.717) is 18.0 Å². The number of hydrogen-bond donors (Lipinski definition) is 2. The van der Waals surface area contributed by atoms with Crippen LogP contribution in [0.15, 0.2) is 29.2 Å². The van der Waals surface area contributed by atoms with Crippen LogP contribution in [0, 0.1) is 5.92 Å². The normalized spacial score (nSPS) is 12.5. The highest BCUT2D eigenvalue weighted by molar-refractivity contribution is 7.98. The van der Waals surface area contributed by atoms with Gasteiger partial charge in [-0.1, -0.05) is 13.8 Å². The molecule has 0 aliphatic heterocycles. The predicted molar refractivity (Wildman–Crippen MR) is 73.4 cm³/mol. The van der Waals surface area contributed by atoms with Gasteiger partial charge < -0.3 is 11.1 Å². The average Bonchev–Trinajstić information content (AvgIpc) is 2.35. The van der Waals surface area contributed by atoms with Crippen LogP contribution in [-0.4, -0.2) is 24.7 Å². The molecular formula is C13H20N2OS. The fourth-order valence-corrected chi connectivity index (χ4v) is 1.90. The summed E-state index contributed by atoms with van der Waals surface area (Å²) in [5, 5.41) is 2.95. The molecular weight excluding hydrogens is 232 g/mol. The van der Waals surface area contributed by atoms with Crippen LogP contribution in [0.2, 0.25) is 0 Å². The molecule has 1 aromatic rings. The lowest BCUT2D eigenvalue weighted by atomic mass is 10.0. The second-order valence-corrected chi connectivity index (χ2v) is 5.17. The third-order valence-corrected chi connectivity index (χ3v) is 3.47. The fourth-order valence-electron chi connectivity index (χ4n) is 1.49. The molecule has 0 aliphatic carbocycles. The van der Waals surface area contributed by atoms with Crippen molar-refractivity contribution in [3.63, 3.8) is 0 Å². The van der Waals surface area contributed by atoms with E-state index < -0.39 is 0 Å². The first-order chi connectivity index (χ1) is 8.08. The molecule has 0 heterocycles. The molecule has 1 atom stereocenters.